The molecular formula is C20H25NO4. The Morgan fingerprint density at radius 2 is 1.64 bits per heavy atom. The van der Waals surface area contributed by atoms with Crippen LogP contribution in [0, 0.1) is 0 Å². The highest BCUT2D eigenvalue weighted by Crippen LogP contribution is 2.27. The zero-order chi connectivity index (χ0) is 18.2. The second-order valence-corrected chi connectivity index (χ2v) is 5.84. The lowest BCUT2D eigenvalue weighted by molar-refractivity contribution is -0.121. The molecule has 1 unspecified atom stereocenters. The quantitative estimate of drug-likeness (QED) is 0.797. The number of ether oxygens (including phenoxy) is 3. The van der Waals surface area contributed by atoms with Gasteiger partial charge in [-0.05, 0) is 41.3 Å². The summed E-state index contributed by atoms with van der Waals surface area (Å²) in [5.41, 5.74) is 2.07. The minimum Gasteiger partial charge on any atom is -0.497 e. The van der Waals surface area contributed by atoms with Crippen molar-refractivity contribution in [1.29, 1.82) is 0 Å². The number of hydrogen-bond donors (Lipinski definition) is 1. The lowest BCUT2D eigenvalue weighted by atomic mass is 9.97. The fraction of sp³-hybridized carbons (Fsp3) is 0.350. The molecule has 0 saturated carbocycles. The molecule has 0 aliphatic carbocycles. The van der Waals surface area contributed by atoms with Crippen molar-refractivity contribution in [2.75, 3.05) is 21.3 Å². The van der Waals surface area contributed by atoms with Crippen LogP contribution in [0.2, 0.25) is 0 Å². The molecule has 2 aromatic rings. The number of methoxy groups -OCH3 is 3. The van der Waals surface area contributed by atoms with Gasteiger partial charge in [0.05, 0.1) is 21.3 Å². The number of hydrogen-bond acceptors (Lipinski definition) is 4. The summed E-state index contributed by atoms with van der Waals surface area (Å²) in [6, 6.07) is 13.4. The van der Waals surface area contributed by atoms with Gasteiger partial charge in [0.25, 0.3) is 0 Å². The van der Waals surface area contributed by atoms with Crippen LogP contribution >= 0.6 is 0 Å². The summed E-state index contributed by atoms with van der Waals surface area (Å²) in [6.45, 7) is 2.49. The van der Waals surface area contributed by atoms with E-state index in [0.29, 0.717) is 24.5 Å². The molecule has 1 N–H and O–H groups in total. The van der Waals surface area contributed by atoms with Crippen LogP contribution in [0.5, 0.6) is 17.2 Å². The maximum Gasteiger partial charge on any atom is 0.220 e. The fourth-order valence-electron chi connectivity index (χ4n) is 2.59. The van der Waals surface area contributed by atoms with E-state index in [1.165, 1.54) is 0 Å². The van der Waals surface area contributed by atoms with Crippen LogP contribution in [-0.2, 0) is 11.3 Å². The molecule has 0 saturated heterocycles. The topological polar surface area (TPSA) is 56.8 Å². The summed E-state index contributed by atoms with van der Waals surface area (Å²) >= 11 is 0. The number of carbonyl (C=O) groups excluding carboxylic acids is 1. The molecule has 0 spiro atoms. The third-order valence-corrected chi connectivity index (χ3v) is 4.11. The molecule has 0 aromatic heterocycles. The third kappa shape index (κ3) is 5.14. The predicted molar refractivity (Wildman–Crippen MR) is 97.4 cm³/mol. The molecule has 0 aliphatic heterocycles. The van der Waals surface area contributed by atoms with Crippen molar-refractivity contribution in [2.45, 2.75) is 25.8 Å². The molecule has 0 fully saturated rings. The monoisotopic (exact) mass is 343 g/mol. The zero-order valence-electron chi connectivity index (χ0n) is 15.2. The van der Waals surface area contributed by atoms with Crippen molar-refractivity contribution in [3.63, 3.8) is 0 Å². The van der Waals surface area contributed by atoms with Crippen molar-refractivity contribution in [2.24, 2.45) is 0 Å². The van der Waals surface area contributed by atoms with Crippen molar-refractivity contribution in [1.82, 2.24) is 5.32 Å². The van der Waals surface area contributed by atoms with Gasteiger partial charge in [0.15, 0.2) is 11.5 Å². The van der Waals surface area contributed by atoms with Crippen molar-refractivity contribution < 1.29 is 19.0 Å². The van der Waals surface area contributed by atoms with E-state index in [1.54, 1.807) is 21.3 Å². The highest BCUT2D eigenvalue weighted by molar-refractivity contribution is 5.76. The largest absolute Gasteiger partial charge is 0.497 e. The van der Waals surface area contributed by atoms with Crippen molar-refractivity contribution >= 4 is 5.91 Å². The van der Waals surface area contributed by atoms with Gasteiger partial charge < -0.3 is 19.5 Å². The van der Waals surface area contributed by atoms with E-state index in [0.717, 1.165) is 16.9 Å². The fourth-order valence-corrected chi connectivity index (χ4v) is 2.59. The first-order valence-electron chi connectivity index (χ1n) is 8.19. The summed E-state index contributed by atoms with van der Waals surface area (Å²) in [7, 11) is 4.83. The smallest absolute Gasteiger partial charge is 0.220 e. The van der Waals surface area contributed by atoms with Gasteiger partial charge in [0.1, 0.15) is 5.75 Å². The Bertz CT molecular complexity index is 697. The van der Waals surface area contributed by atoms with E-state index in [1.807, 2.05) is 49.4 Å². The minimum absolute atomic E-state index is 0.0121. The Hall–Kier alpha value is -2.69. The molecule has 2 rings (SSSR count). The van der Waals surface area contributed by atoms with Crippen molar-refractivity contribution in [3.8, 4) is 17.2 Å². The van der Waals surface area contributed by atoms with E-state index < -0.39 is 0 Å². The van der Waals surface area contributed by atoms with Crippen LogP contribution in [0.4, 0.5) is 0 Å². The van der Waals surface area contributed by atoms with Gasteiger partial charge in [0.2, 0.25) is 5.91 Å². The Morgan fingerprint density at radius 3 is 2.24 bits per heavy atom. The van der Waals surface area contributed by atoms with Crippen molar-refractivity contribution in [3.05, 3.63) is 53.6 Å². The van der Waals surface area contributed by atoms with Gasteiger partial charge in [0, 0.05) is 13.0 Å². The Morgan fingerprint density at radius 1 is 0.960 bits per heavy atom. The molecule has 2 aromatic carbocycles. The average Bonchev–Trinajstić information content (AvgIpc) is 2.66. The molecule has 0 aliphatic rings. The molecular weight excluding hydrogens is 318 g/mol. The molecule has 25 heavy (non-hydrogen) atoms. The van der Waals surface area contributed by atoms with E-state index in [-0.39, 0.29) is 11.8 Å². The molecule has 5 heteroatoms. The molecule has 0 radical (unpaired) electrons. The van der Waals surface area contributed by atoms with Gasteiger partial charge in [-0.25, -0.2) is 0 Å². The number of amides is 1. The average molecular weight is 343 g/mol. The van der Waals surface area contributed by atoms with Gasteiger partial charge in [-0.3, -0.25) is 4.79 Å². The lowest BCUT2D eigenvalue weighted by Crippen LogP contribution is -2.24. The maximum absolute atomic E-state index is 12.2. The Labute approximate surface area is 148 Å². The number of carbonyl (C=O) groups is 1. The second kappa shape index (κ2) is 8.97. The lowest BCUT2D eigenvalue weighted by Gasteiger charge is -2.13. The molecule has 5 nitrogen and oxygen atoms in total. The van der Waals surface area contributed by atoms with Crippen LogP contribution in [-0.4, -0.2) is 27.2 Å². The maximum atomic E-state index is 12.2. The van der Waals surface area contributed by atoms with Crippen LogP contribution < -0.4 is 19.5 Å². The third-order valence-electron chi connectivity index (χ3n) is 4.11. The predicted octanol–water partition coefficient (Wildman–Crippen LogP) is 3.52. The van der Waals surface area contributed by atoms with Gasteiger partial charge in [-0.15, -0.1) is 0 Å². The summed E-state index contributed by atoms with van der Waals surface area (Å²) in [6.07, 6.45) is 0.430. The van der Waals surface area contributed by atoms with E-state index in [2.05, 4.69) is 5.32 Å². The van der Waals surface area contributed by atoms with Gasteiger partial charge in [-0.2, -0.15) is 0 Å². The first kappa shape index (κ1) is 18.6. The van der Waals surface area contributed by atoms with E-state index >= 15 is 0 Å². The first-order valence-corrected chi connectivity index (χ1v) is 8.19. The normalized spacial score (nSPS) is 11.5. The first-order chi connectivity index (χ1) is 12.1. The van der Waals surface area contributed by atoms with Gasteiger partial charge in [-0.1, -0.05) is 25.1 Å². The van der Waals surface area contributed by atoms with Crippen LogP contribution in [0.25, 0.3) is 0 Å². The SMILES string of the molecule is COc1ccc(C(C)CC(=O)NCc2ccc(OC)c(OC)c2)cc1. The highest BCUT2D eigenvalue weighted by atomic mass is 16.5. The Balaban J connectivity index is 1.89. The second-order valence-electron chi connectivity index (χ2n) is 5.84. The van der Waals surface area contributed by atoms with E-state index in [4.69, 9.17) is 14.2 Å². The molecule has 0 bridgehead atoms. The molecule has 0 heterocycles. The summed E-state index contributed by atoms with van der Waals surface area (Å²) in [5.74, 6) is 2.29. The van der Waals surface area contributed by atoms with Gasteiger partial charge >= 0.3 is 0 Å². The zero-order valence-corrected chi connectivity index (χ0v) is 15.2. The molecule has 1 amide bonds. The number of nitrogens with one attached hydrogen (secondary N) is 1. The van der Waals surface area contributed by atoms with Crippen LogP contribution in [0.3, 0.4) is 0 Å². The molecule has 134 valence electrons. The van der Waals surface area contributed by atoms with E-state index in [9.17, 15) is 4.79 Å². The summed E-state index contributed by atoms with van der Waals surface area (Å²) in [5, 5.41) is 2.95. The number of benzene rings is 2. The highest BCUT2D eigenvalue weighted by Gasteiger charge is 2.12. The standard InChI is InChI=1S/C20H25NO4/c1-14(16-6-8-17(23-2)9-7-16)11-20(22)21-13-15-5-10-18(24-3)19(12-15)25-4/h5-10,12,14H,11,13H2,1-4H3,(H,21,22). The minimum atomic E-state index is 0.0121. The summed E-state index contributed by atoms with van der Waals surface area (Å²) < 4.78 is 15.6. The van der Waals surface area contributed by atoms with Crippen LogP contribution in [0.1, 0.15) is 30.4 Å². The Kier molecular flexibility index (Phi) is 6.69. The van der Waals surface area contributed by atoms with Crippen LogP contribution in [0.15, 0.2) is 42.5 Å². The summed E-state index contributed by atoms with van der Waals surface area (Å²) in [4.78, 5) is 12.2. The number of rotatable bonds is 8. The molecule has 1 atom stereocenters.